The molecule has 0 radical (unpaired) electrons. The highest BCUT2D eigenvalue weighted by atomic mass is 79.9. The van der Waals surface area contributed by atoms with Gasteiger partial charge in [0.1, 0.15) is 0 Å². The van der Waals surface area contributed by atoms with Crippen LogP contribution in [0.25, 0.3) is 0 Å². The first-order valence-corrected chi connectivity index (χ1v) is 7.76. The van der Waals surface area contributed by atoms with E-state index in [9.17, 15) is 0 Å². The van der Waals surface area contributed by atoms with Gasteiger partial charge in [0.15, 0.2) is 0 Å². The van der Waals surface area contributed by atoms with Crippen molar-refractivity contribution in [3.8, 4) is 0 Å². The van der Waals surface area contributed by atoms with E-state index in [1.165, 1.54) is 4.88 Å². The fraction of sp³-hybridized carbons (Fsp3) is 0.364. The molecular weight excluding hydrogens is 366 g/mol. The number of hydrogen-bond acceptors (Lipinski definition) is 3. The molecule has 3 nitrogen and oxygen atoms in total. The standard InChI is InChI=1S/C11H13Br2N3S/c12-10-6-9(17-11(10)13)7-14-2-1-4-16-5-3-15-8-16/h3,5-6,8,14H,1-2,4,7H2. The summed E-state index contributed by atoms with van der Waals surface area (Å²) in [7, 11) is 0. The van der Waals surface area contributed by atoms with Crippen molar-refractivity contribution in [2.45, 2.75) is 19.5 Å². The van der Waals surface area contributed by atoms with Crippen molar-refractivity contribution in [2.75, 3.05) is 6.54 Å². The molecule has 0 saturated carbocycles. The Morgan fingerprint density at radius 2 is 2.29 bits per heavy atom. The van der Waals surface area contributed by atoms with Crippen molar-refractivity contribution in [1.29, 1.82) is 0 Å². The van der Waals surface area contributed by atoms with Crippen LogP contribution < -0.4 is 5.32 Å². The van der Waals surface area contributed by atoms with Crippen molar-refractivity contribution in [1.82, 2.24) is 14.9 Å². The van der Waals surface area contributed by atoms with Gasteiger partial charge in [-0.25, -0.2) is 4.98 Å². The van der Waals surface area contributed by atoms with E-state index in [0.717, 1.165) is 34.3 Å². The quantitative estimate of drug-likeness (QED) is 0.777. The van der Waals surface area contributed by atoms with Gasteiger partial charge < -0.3 is 9.88 Å². The zero-order valence-corrected chi connectivity index (χ0v) is 13.2. The molecule has 0 unspecified atom stereocenters. The van der Waals surface area contributed by atoms with Crippen LogP contribution in [0.4, 0.5) is 0 Å². The van der Waals surface area contributed by atoms with Gasteiger partial charge in [0.2, 0.25) is 0 Å². The maximum atomic E-state index is 4.01. The molecule has 1 N–H and O–H groups in total. The Kier molecular flexibility index (Phi) is 5.21. The van der Waals surface area contributed by atoms with Gasteiger partial charge in [-0.1, -0.05) is 0 Å². The van der Waals surface area contributed by atoms with E-state index >= 15 is 0 Å². The van der Waals surface area contributed by atoms with Crippen LogP contribution in [0.1, 0.15) is 11.3 Å². The number of halogens is 2. The molecule has 0 aliphatic carbocycles. The first-order valence-electron chi connectivity index (χ1n) is 5.36. The lowest BCUT2D eigenvalue weighted by atomic mass is 10.4. The van der Waals surface area contributed by atoms with Crippen molar-refractivity contribution in [3.05, 3.63) is 37.9 Å². The molecule has 2 aromatic heterocycles. The van der Waals surface area contributed by atoms with Gasteiger partial charge in [-0.3, -0.25) is 0 Å². The summed E-state index contributed by atoms with van der Waals surface area (Å²) in [4.78, 5) is 5.35. The Hall–Kier alpha value is -0.170. The summed E-state index contributed by atoms with van der Waals surface area (Å²) < 4.78 is 4.39. The largest absolute Gasteiger partial charge is 0.337 e. The van der Waals surface area contributed by atoms with Crippen LogP contribution in [-0.4, -0.2) is 16.1 Å². The van der Waals surface area contributed by atoms with Gasteiger partial charge >= 0.3 is 0 Å². The summed E-state index contributed by atoms with van der Waals surface area (Å²) in [6.45, 7) is 2.97. The van der Waals surface area contributed by atoms with Crippen LogP contribution in [-0.2, 0) is 13.1 Å². The zero-order valence-electron chi connectivity index (χ0n) is 9.20. The fourth-order valence-electron chi connectivity index (χ4n) is 1.50. The van der Waals surface area contributed by atoms with Gasteiger partial charge in [-0.2, -0.15) is 0 Å². The number of nitrogens with one attached hydrogen (secondary N) is 1. The molecule has 0 fully saturated rings. The summed E-state index contributed by atoms with van der Waals surface area (Å²) in [5.41, 5.74) is 0. The minimum Gasteiger partial charge on any atom is -0.337 e. The minimum atomic E-state index is 0.929. The molecule has 92 valence electrons. The van der Waals surface area contributed by atoms with Crippen molar-refractivity contribution < 1.29 is 0 Å². The molecule has 0 atom stereocenters. The summed E-state index contributed by atoms with van der Waals surface area (Å²) in [5.74, 6) is 0. The predicted octanol–water partition coefficient (Wildman–Crippen LogP) is 3.65. The SMILES string of the molecule is Brc1cc(CNCCCn2ccnc2)sc1Br. The highest BCUT2D eigenvalue weighted by Crippen LogP contribution is 2.32. The monoisotopic (exact) mass is 377 g/mol. The van der Waals surface area contributed by atoms with Gasteiger partial charge in [0.05, 0.1) is 10.1 Å². The molecule has 0 amide bonds. The number of aryl methyl sites for hydroxylation is 1. The third-order valence-corrected chi connectivity index (χ3v) is 5.58. The van der Waals surface area contributed by atoms with Crippen LogP contribution in [0.5, 0.6) is 0 Å². The Morgan fingerprint density at radius 1 is 1.41 bits per heavy atom. The van der Waals surface area contributed by atoms with Crippen LogP contribution in [0, 0.1) is 0 Å². The summed E-state index contributed by atoms with van der Waals surface area (Å²) in [5, 5.41) is 3.44. The van der Waals surface area contributed by atoms with Crippen LogP contribution >= 0.6 is 43.2 Å². The minimum absolute atomic E-state index is 0.929. The Morgan fingerprint density at radius 3 is 2.94 bits per heavy atom. The number of rotatable bonds is 6. The second-order valence-corrected chi connectivity index (χ2v) is 6.97. The number of thiophene rings is 1. The molecule has 6 heteroatoms. The third-order valence-electron chi connectivity index (χ3n) is 2.32. The number of nitrogens with zero attached hydrogens (tertiary/aromatic N) is 2. The topological polar surface area (TPSA) is 29.9 Å². The van der Waals surface area contributed by atoms with Crippen LogP contribution in [0.15, 0.2) is 33.0 Å². The number of aromatic nitrogens is 2. The highest BCUT2D eigenvalue weighted by Gasteiger charge is 2.03. The first-order chi connectivity index (χ1) is 8.25. The second-order valence-electron chi connectivity index (χ2n) is 3.67. The van der Waals surface area contributed by atoms with E-state index in [2.05, 4.69) is 52.8 Å². The van der Waals surface area contributed by atoms with E-state index in [4.69, 9.17) is 0 Å². The van der Waals surface area contributed by atoms with Crippen LogP contribution in [0.3, 0.4) is 0 Å². The Balaban J connectivity index is 1.63. The lowest BCUT2D eigenvalue weighted by molar-refractivity contribution is 0.583. The predicted molar refractivity (Wildman–Crippen MR) is 78.3 cm³/mol. The molecule has 17 heavy (non-hydrogen) atoms. The van der Waals surface area contributed by atoms with Gasteiger partial charge in [-0.05, 0) is 50.9 Å². The maximum absolute atomic E-state index is 4.01. The molecule has 2 aromatic rings. The van der Waals surface area contributed by atoms with Crippen molar-refractivity contribution >= 4 is 43.2 Å². The Labute approximate surface area is 122 Å². The van der Waals surface area contributed by atoms with Crippen molar-refractivity contribution in [3.63, 3.8) is 0 Å². The van der Waals surface area contributed by atoms with Crippen LogP contribution in [0.2, 0.25) is 0 Å². The molecule has 0 spiro atoms. The molecule has 0 bridgehead atoms. The maximum Gasteiger partial charge on any atom is 0.0945 e. The molecule has 2 rings (SSSR count). The average Bonchev–Trinajstić information content (AvgIpc) is 2.90. The third kappa shape index (κ3) is 4.21. The highest BCUT2D eigenvalue weighted by molar-refractivity contribution is 9.13. The number of hydrogen-bond donors (Lipinski definition) is 1. The fourth-order valence-corrected chi connectivity index (χ4v) is 3.64. The molecule has 0 aromatic carbocycles. The average molecular weight is 379 g/mol. The van der Waals surface area contributed by atoms with Gasteiger partial charge in [0.25, 0.3) is 0 Å². The lowest BCUT2D eigenvalue weighted by Crippen LogP contribution is -2.15. The number of imidazole rings is 1. The first kappa shape index (κ1) is 13.3. The zero-order chi connectivity index (χ0) is 12.1. The molecule has 2 heterocycles. The summed E-state index contributed by atoms with van der Waals surface area (Å²) in [6.07, 6.45) is 6.78. The van der Waals surface area contributed by atoms with E-state index in [0.29, 0.717) is 0 Å². The molecule has 0 saturated heterocycles. The molecule has 0 aliphatic heterocycles. The molecule has 0 aliphatic rings. The Bertz CT molecular complexity index is 434. The lowest BCUT2D eigenvalue weighted by Gasteiger charge is -2.03. The normalized spacial score (nSPS) is 10.9. The second kappa shape index (κ2) is 6.68. The van der Waals surface area contributed by atoms with Gasteiger partial charge in [0, 0.05) is 34.8 Å². The van der Waals surface area contributed by atoms with Crippen molar-refractivity contribution in [2.24, 2.45) is 0 Å². The van der Waals surface area contributed by atoms with Gasteiger partial charge in [-0.15, -0.1) is 11.3 Å². The molecular formula is C11H13Br2N3S. The smallest absolute Gasteiger partial charge is 0.0945 e. The van der Waals surface area contributed by atoms with E-state index in [-0.39, 0.29) is 0 Å². The van der Waals surface area contributed by atoms with E-state index < -0.39 is 0 Å². The summed E-state index contributed by atoms with van der Waals surface area (Å²) in [6, 6.07) is 2.15. The van der Waals surface area contributed by atoms with E-state index in [1.807, 2.05) is 18.7 Å². The summed E-state index contributed by atoms with van der Waals surface area (Å²) >= 11 is 8.75. The van der Waals surface area contributed by atoms with E-state index in [1.54, 1.807) is 11.3 Å².